The van der Waals surface area contributed by atoms with Crippen LogP contribution in [0.1, 0.15) is 43.5 Å². The minimum atomic E-state index is -0.249. The number of hydrogen-bond acceptors (Lipinski definition) is 4. The van der Waals surface area contributed by atoms with Crippen molar-refractivity contribution >= 4 is 11.7 Å². The summed E-state index contributed by atoms with van der Waals surface area (Å²) in [4.78, 5) is 14.4. The Bertz CT molecular complexity index is 513. The molecule has 2 atom stereocenters. The van der Waals surface area contributed by atoms with Crippen LogP contribution in [0.5, 0.6) is 0 Å². The summed E-state index contributed by atoms with van der Waals surface area (Å²) in [6, 6.07) is 9.57. The first-order valence-electron chi connectivity index (χ1n) is 7.97. The SMILES string of the molecule is CCOC(=O)c1cccc(NC2CC(C)N(C3CC3)C2)c1. The van der Waals surface area contributed by atoms with Gasteiger partial charge < -0.3 is 10.1 Å². The monoisotopic (exact) mass is 288 g/mol. The van der Waals surface area contributed by atoms with E-state index in [1.807, 2.05) is 25.1 Å². The van der Waals surface area contributed by atoms with E-state index < -0.39 is 0 Å². The van der Waals surface area contributed by atoms with Gasteiger partial charge >= 0.3 is 5.97 Å². The van der Waals surface area contributed by atoms with Gasteiger partial charge in [0.05, 0.1) is 12.2 Å². The molecule has 1 aliphatic carbocycles. The van der Waals surface area contributed by atoms with Crippen LogP contribution in [0.25, 0.3) is 0 Å². The van der Waals surface area contributed by atoms with E-state index in [0.29, 0.717) is 24.3 Å². The number of rotatable bonds is 5. The minimum absolute atomic E-state index is 0.249. The highest BCUT2D eigenvalue weighted by atomic mass is 16.5. The predicted octanol–water partition coefficient (Wildman–Crippen LogP) is 2.90. The fraction of sp³-hybridized carbons (Fsp3) is 0.588. The first kappa shape index (κ1) is 14.4. The van der Waals surface area contributed by atoms with E-state index in [2.05, 4.69) is 17.1 Å². The minimum Gasteiger partial charge on any atom is -0.462 e. The van der Waals surface area contributed by atoms with Gasteiger partial charge in [0, 0.05) is 30.4 Å². The van der Waals surface area contributed by atoms with Crippen molar-refractivity contribution in [1.29, 1.82) is 0 Å². The molecule has 4 nitrogen and oxygen atoms in total. The van der Waals surface area contributed by atoms with Crippen molar-refractivity contribution in [3.63, 3.8) is 0 Å². The molecule has 1 saturated carbocycles. The van der Waals surface area contributed by atoms with Gasteiger partial charge in [0.1, 0.15) is 0 Å². The Hall–Kier alpha value is -1.55. The van der Waals surface area contributed by atoms with Crippen LogP contribution in [0.15, 0.2) is 24.3 Å². The molecule has 0 spiro atoms. The Balaban J connectivity index is 1.62. The molecule has 0 amide bonds. The second kappa shape index (κ2) is 6.06. The summed E-state index contributed by atoms with van der Waals surface area (Å²) in [6.07, 6.45) is 3.88. The lowest BCUT2D eigenvalue weighted by Crippen LogP contribution is -2.31. The molecular weight excluding hydrogens is 264 g/mol. The number of benzene rings is 1. The molecule has 0 bridgehead atoms. The summed E-state index contributed by atoms with van der Waals surface area (Å²) in [6.45, 7) is 5.66. The molecule has 1 aromatic carbocycles. The van der Waals surface area contributed by atoms with E-state index in [4.69, 9.17) is 4.74 Å². The lowest BCUT2D eigenvalue weighted by molar-refractivity contribution is 0.0526. The fourth-order valence-electron chi connectivity index (χ4n) is 3.26. The summed E-state index contributed by atoms with van der Waals surface area (Å²) < 4.78 is 5.05. The number of nitrogens with one attached hydrogen (secondary N) is 1. The normalized spacial score (nSPS) is 25.8. The van der Waals surface area contributed by atoms with Crippen LogP contribution in [0, 0.1) is 0 Å². The topological polar surface area (TPSA) is 41.6 Å². The van der Waals surface area contributed by atoms with Crippen molar-refractivity contribution in [2.75, 3.05) is 18.5 Å². The summed E-state index contributed by atoms with van der Waals surface area (Å²) in [5.74, 6) is -0.249. The van der Waals surface area contributed by atoms with Gasteiger partial charge in [-0.25, -0.2) is 4.79 Å². The zero-order chi connectivity index (χ0) is 14.8. The third-order valence-corrected chi connectivity index (χ3v) is 4.38. The lowest BCUT2D eigenvalue weighted by Gasteiger charge is -2.20. The Morgan fingerprint density at radius 3 is 2.95 bits per heavy atom. The van der Waals surface area contributed by atoms with E-state index in [0.717, 1.165) is 18.3 Å². The average molecular weight is 288 g/mol. The maximum atomic E-state index is 11.8. The highest BCUT2D eigenvalue weighted by Gasteiger charge is 2.38. The molecule has 1 heterocycles. The highest BCUT2D eigenvalue weighted by Crippen LogP contribution is 2.34. The predicted molar refractivity (Wildman–Crippen MR) is 83.6 cm³/mol. The van der Waals surface area contributed by atoms with E-state index in [9.17, 15) is 4.79 Å². The number of likely N-dealkylation sites (tertiary alicyclic amines) is 1. The molecule has 2 fully saturated rings. The number of carbonyl (C=O) groups excluding carboxylic acids is 1. The highest BCUT2D eigenvalue weighted by molar-refractivity contribution is 5.90. The molecule has 0 radical (unpaired) electrons. The van der Waals surface area contributed by atoms with Gasteiger partial charge in [-0.05, 0) is 51.3 Å². The smallest absolute Gasteiger partial charge is 0.338 e. The molecule has 2 aliphatic rings. The molecule has 2 unspecified atom stereocenters. The number of nitrogens with zero attached hydrogens (tertiary/aromatic N) is 1. The molecule has 0 aromatic heterocycles. The second-order valence-electron chi connectivity index (χ2n) is 6.16. The number of carbonyl (C=O) groups is 1. The maximum absolute atomic E-state index is 11.8. The van der Waals surface area contributed by atoms with Crippen LogP contribution in [0.4, 0.5) is 5.69 Å². The van der Waals surface area contributed by atoms with Crippen molar-refractivity contribution < 1.29 is 9.53 Å². The lowest BCUT2D eigenvalue weighted by atomic mass is 10.1. The zero-order valence-electron chi connectivity index (χ0n) is 12.8. The second-order valence-corrected chi connectivity index (χ2v) is 6.16. The van der Waals surface area contributed by atoms with Gasteiger partial charge in [-0.1, -0.05) is 6.07 Å². The third kappa shape index (κ3) is 3.38. The summed E-state index contributed by atoms with van der Waals surface area (Å²) in [5.41, 5.74) is 1.63. The van der Waals surface area contributed by atoms with Crippen molar-refractivity contribution in [2.45, 2.75) is 51.2 Å². The zero-order valence-corrected chi connectivity index (χ0v) is 12.8. The van der Waals surface area contributed by atoms with Gasteiger partial charge in [0.25, 0.3) is 0 Å². The quantitative estimate of drug-likeness (QED) is 0.846. The first-order chi connectivity index (χ1) is 10.2. The molecule has 3 rings (SSSR count). The largest absolute Gasteiger partial charge is 0.462 e. The van der Waals surface area contributed by atoms with E-state index in [1.54, 1.807) is 6.07 Å². The van der Waals surface area contributed by atoms with Gasteiger partial charge in [-0.15, -0.1) is 0 Å². The Morgan fingerprint density at radius 1 is 1.43 bits per heavy atom. The summed E-state index contributed by atoms with van der Waals surface area (Å²) in [5, 5.41) is 3.57. The number of ether oxygens (including phenoxy) is 1. The van der Waals surface area contributed by atoms with Crippen LogP contribution >= 0.6 is 0 Å². The van der Waals surface area contributed by atoms with Crippen LogP contribution < -0.4 is 5.32 Å². The summed E-state index contributed by atoms with van der Waals surface area (Å²) >= 11 is 0. The molecule has 114 valence electrons. The van der Waals surface area contributed by atoms with E-state index in [1.165, 1.54) is 19.3 Å². The Labute approximate surface area is 126 Å². The van der Waals surface area contributed by atoms with Crippen LogP contribution in [-0.2, 0) is 4.74 Å². The van der Waals surface area contributed by atoms with Gasteiger partial charge in [0.15, 0.2) is 0 Å². The number of hydrogen-bond donors (Lipinski definition) is 1. The molecule has 1 aromatic rings. The Morgan fingerprint density at radius 2 is 2.24 bits per heavy atom. The van der Waals surface area contributed by atoms with E-state index >= 15 is 0 Å². The molecule has 1 saturated heterocycles. The molecule has 1 N–H and O–H groups in total. The van der Waals surface area contributed by atoms with Gasteiger partial charge in [0.2, 0.25) is 0 Å². The van der Waals surface area contributed by atoms with Crippen molar-refractivity contribution in [2.24, 2.45) is 0 Å². The van der Waals surface area contributed by atoms with Crippen molar-refractivity contribution in [3.8, 4) is 0 Å². The average Bonchev–Trinajstić information content (AvgIpc) is 3.24. The van der Waals surface area contributed by atoms with Gasteiger partial charge in [-0.3, -0.25) is 4.90 Å². The maximum Gasteiger partial charge on any atom is 0.338 e. The molecule has 21 heavy (non-hydrogen) atoms. The van der Waals surface area contributed by atoms with Crippen LogP contribution in [0.3, 0.4) is 0 Å². The van der Waals surface area contributed by atoms with Crippen molar-refractivity contribution in [3.05, 3.63) is 29.8 Å². The van der Waals surface area contributed by atoms with Crippen molar-refractivity contribution in [1.82, 2.24) is 4.90 Å². The number of esters is 1. The third-order valence-electron chi connectivity index (χ3n) is 4.38. The van der Waals surface area contributed by atoms with Gasteiger partial charge in [-0.2, -0.15) is 0 Å². The van der Waals surface area contributed by atoms with E-state index in [-0.39, 0.29) is 5.97 Å². The Kier molecular flexibility index (Phi) is 4.15. The molecular formula is C17H24N2O2. The molecule has 1 aliphatic heterocycles. The van der Waals surface area contributed by atoms with Crippen LogP contribution in [-0.4, -0.2) is 42.1 Å². The summed E-state index contributed by atoms with van der Waals surface area (Å²) in [7, 11) is 0. The van der Waals surface area contributed by atoms with Crippen LogP contribution in [0.2, 0.25) is 0 Å². The fourth-order valence-corrected chi connectivity index (χ4v) is 3.26. The standard InChI is InChI=1S/C17H24N2O2/c1-3-21-17(20)13-5-4-6-14(10-13)18-15-9-12(2)19(11-15)16-7-8-16/h4-6,10,12,15-16,18H,3,7-9,11H2,1-2H3. The molecule has 4 heteroatoms. The first-order valence-corrected chi connectivity index (χ1v) is 7.97. The number of anilines is 1.